The fourth-order valence-electron chi connectivity index (χ4n) is 5.41. The number of aliphatic carboxylic acids is 1. The van der Waals surface area contributed by atoms with Crippen LogP contribution in [0.4, 0.5) is 17.6 Å². The lowest BCUT2D eigenvalue weighted by molar-refractivity contribution is -0.304. The highest BCUT2D eigenvalue weighted by molar-refractivity contribution is 5.84. The van der Waals surface area contributed by atoms with Crippen LogP contribution in [0.15, 0.2) is 36.4 Å². The molecular formula is C30H36F4N2O7. The number of alkyl halides is 3. The number of benzene rings is 2. The first-order chi connectivity index (χ1) is 20.2. The molecule has 13 heteroatoms. The maximum absolute atomic E-state index is 13.5. The molecule has 2 heterocycles. The van der Waals surface area contributed by atoms with Gasteiger partial charge in [0.15, 0.2) is 0 Å². The van der Waals surface area contributed by atoms with E-state index in [4.69, 9.17) is 14.6 Å². The van der Waals surface area contributed by atoms with Crippen molar-refractivity contribution >= 4 is 17.8 Å². The largest absolute Gasteiger partial charge is 0.575 e. The standard InChI is InChI=1S/C27H33FN2O5.C3H3F3O2/c1-3-34-22-13-19(14-23(35-4-2)26(22)20-5-7-21(28)8-6-20)16-29-11-9-27(10-12-29)15-24(31)30(18-27)17-25(32)33;1-2(7)8-3(4,5)6/h5-8,13-14H,3-4,9-12,15-18H2,1-2H3,(H,32,33);1H3. The Labute approximate surface area is 247 Å². The van der Waals surface area contributed by atoms with E-state index in [-0.39, 0.29) is 23.7 Å². The van der Waals surface area contributed by atoms with Crippen LogP contribution >= 0.6 is 0 Å². The molecule has 0 unspecified atom stereocenters. The lowest BCUT2D eigenvalue weighted by atomic mass is 9.77. The van der Waals surface area contributed by atoms with Gasteiger partial charge in [0.25, 0.3) is 0 Å². The molecule has 2 aliphatic heterocycles. The Morgan fingerprint density at radius 3 is 2.00 bits per heavy atom. The highest BCUT2D eigenvalue weighted by atomic mass is 19.4. The minimum absolute atomic E-state index is 0.0556. The molecule has 0 bridgehead atoms. The molecular weight excluding hydrogens is 576 g/mol. The predicted molar refractivity (Wildman–Crippen MR) is 148 cm³/mol. The van der Waals surface area contributed by atoms with Crippen molar-refractivity contribution in [3.05, 3.63) is 47.8 Å². The molecule has 0 saturated carbocycles. The van der Waals surface area contributed by atoms with E-state index in [9.17, 15) is 31.9 Å². The van der Waals surface area contributed by atoms with E-state index in [1.807, 2.05) is 26.0 Å². The van der Waals surface area contributed by atoms with Gasteiger partial charge in [-0.15, -0.1) is 13.2 Å². The number of hydrogen-bond donors (Lipinski definition) is 1. The Hall–Kier alpha value is -3.87. The first-order valence-corrected chi connectivity index (χ1v) is 13.9. The summed E-state index contributed by atoms with van der Waals surface area (Å²) >= 11 is 0. The van der Waals surface area contributed by atoms with Crippen LogP contribution < -0.4 is 9.47 Å². The first-order valence-electron chi connectivity index (χ1n) is 13.9. The molecule has 0 aromatic heterocycles. The van der Waals surface area contributed by atoms with Gasteiger partial charge in [0.2, 0.25) is 5.91 Å². The Morgan fingerprint density at radius 1 is 1.00 bits per heavy atom. The Balaban J connectivity index is 0.000000557. The number of piperidine rings is 1. The summed E-state index contributed by atoms with van der Waals surface area (Å²) in [5.74, 6) is -1.25. The van der Waals surface area contributed by atoms with Gasteiger partial charge >= 0.3 is 18.3 Å². The number of carbonyl (C=O) groups excluding carboxylic acids is 2. The van der Waals surface area contributed by atoms with Crippen LogP contribution in [0.5, 0.6) is 11.5 Å². The second kappa shape index (κ2) is 14.5. The van der Waals surface area contributed by atoms with Gasteiger partial charge in [0.05, 0.1) is 18.8 Å². The quantitative estimate of drug-likeness (QED) is 0.302. The lowest BCUT2D eigenvalue weighted by Gasteiger charge is -2.38. The maximum atomic E-state index is 13.5. The van der Waals surface area contributed by atoms with E-state index in [0.29, 0.717) is 51.1 Å². The smallest absolute Gasteiger partial charge is 0.493 e. The number of nitrogens with zero attached hydrogens (tertiary/aromatic N) is 2. The van der Waals surface area contributed by atoms with E-state index in [0.717, 1.165) is 42.6 Å². The summed E-state index contributed by atoms with van der Waals surface area (Å²) in [5, 5.41) is 9.07. The summed E-state index contributed by atoms with van der Waals surface area (Å²) in [4.78, 5) is 36.7. The number of amides is 1. The van der Waals surface area contributed by atoms with Crippen LogP contribution in [0.3, 0.4) is 0 Å². The molecule has 1 amide bonds. The number of carboxylic acid groups (broad SMARTS) is 1. The van der Waals surface area contributed by atoms with Gasteiger partial charge in [-0.1, -0.05) is 12.1 Å². The number of carbonyl (C=O) groups is 3. The van der Waals surface area contributed by atoms with Gasteiger partial charge in [0.1, 0.15) is 23.9 Å². The number of carboxylic acids is 1. The molecule has 0 radical (unpaired) electrons. The summed E-state index contributed by atoms with van der Waals surface area (Å²) in [5.41, 5.74) is 2.59. The van der Waals surface area contributed by atoms with Crippen molar-refractivity contribution in [1.82, 2.24) is 9.80 Å². The van der Waals surface area contributed by atoms with Crippen LogP contribution in [-0.4, -0.2) is 78.5 Å². The van der Waals surface area contributed by atoms with Crippen LogP contribution in [0.1, 0.15) is 45.6 Å². The van der Waals surface area contributed by atoms with E-state index >= 15 is 0 Å². The van der Waals surface area contributed by atoms with Crippen molar-refractivity contribution in [2.24, 2.45) is 5.41 Å². The number of halogens is 4. The van der Waals surface area contributed by atoms with E-state index in [1.165, 1.54) is 17.0 Å². The molecule has 9 nitrogen and oxygen atoms in total. The van der Waals surface area contributed by atoms with Gasteiger partial charge in [-0.25, -0.2) is 4.39 Å². The van der Waals surface area contributed by atoms with Crippen molar-refractivity contribution in [3.63, 3.8) is 0 Å². The highest BCUT2D eigenvalue weighted by Crippen LogP contribution is 2.43. The van der Waals surface area contributed by atoms with Gasteiger partial charge in [-0.05, 0) is 80.6 Å². The van der Waals surface area contributed by atoms with Crippen LogP contribution in [-0.2, 0) is 25.7 Å². The SMILES string of the molecule is CC(=O)OC(F)(F)F.CCOc1cc(CN2CCC3(CC2)CC(=O)N(CC(=O)O)C3)cc(OCC)c1-c1ccc(F)cc1. The monoisotopic (exact) mass is 612 g/mol. The molecule has 2 aromatic carbocycles. The predicted octanol–water partition coefficient (Wildman–Crippen LogP) is 5.26. The Bertz CT molecular complexity index is 1250. The van der Waals surface area contributed by atoms with Gasteiger partial charge in [-0.3, -0.25) is 19.3 Å². The molecule has 1 spiro atoms. The second-order valence-corrected chi connectivity index (χ2v) is 10.5. The molecule has 2 aliphatic rings. The van der Waals surface area contributed by atoms with Crippen molar-refractivity contribution in [2.75, 3.05) is 39.4 Å². The zero-order valence-electron chi connectivity index (χ0n) is 24.3. The summed E-state index contributed by atoms with van der Waals surface area (Å²) in [6, 6.07) is 10.4. The van der Waals surface area contributed by atoms with E-state index in [1.54, 1.807) is 12.1 Å². The van der Waals surface area contributed by atoms with E-state index in [2.05, 4.69) is 9.64 Å². The van der Waals surface area contributed by atoms with E-state index < -0.39 is 18.3 Å². The molecule has 236 valence electrons. The number of rotatable bonds is 9. The van der Waals surface area contributed by atoms with Crippen molar-refractivity contribution in [1.29, 1.82) is 0 Å². The number of ether oxygens (including phenoxy) is 3. The maximum Gasteiger partial charge on any atom is 0.575 e. The minimum Gasteiger partial charge on any atom is -0.493 e. The third kappa shape index (κ3) is 9.84. The van der Waals surface area contributed by atoms with Gasteiger partial charge in [0, 0.05) is 26.4 Å². The Kier molecular flexibility index (Phi) is 11.4. The van der Waals surface area contributed by atoms with Crippen LogP contribution in [0, 0.1) is 11.2 Å². The summed E-state index contributed by atoms with van der Waals surface area (Å²) in [6.07, 6.45) is -2.67. The molecule has 2 aromatic rings. The average Bonchev–Trinajstić information content (AvgIpc) is 3.19. The molecule has 1 N–H and O–H groups in total. The molecule has 2 fully saturated rings. The van der Waals surface area contributed by atoms with Crippen LogP contribution in [0.25, 0.3) is 11.1 Å². The van der Waals surface area contributed by atoms with Crippen LogP contribution in [0.2, 0.25) is 0 Å². The third-order valence-corrected chi connectivity index (χ3v) is 7.17. The summed E-state index contributed by atoms with van der Waals surface area (Å²) in [7, 11) is 0. The third-order valence-electron chi connectivity index (χ3n) is 7.17. The van der Waals surface area contributed by atoms with Crippen molar-refractivity contribution < 1.29 is 51.3 Å². The highest BCUT2D eigenvalue weighted by Gasteiger charge is 2.45. The number of hydrogen-bond acceptors (Lipinski definition) is 7. The average molecular weight is 613 g/mol. The molecule has 0 atom stereocenters. The lowest BCUT2D eigenvalue weighted by Crippen LogP contribution is -2.41. The fraction of sp³-hybridized carbons (Fsp3) is 0.500. The zero-order chi connectivity index (χ0) is 31.8. The van der Waals surface area contributed by atoms with Gasteiger partial charge < -0.3 is 24.2 Å². The zero-order valence-corrected chi connectivity index (χ0v) is 24.3. The molecule has 2 saturated heterocycles. The van der Waals surface area contributed by atoms with Crippen molar-refractivity contribution in [2.45, 2.75) is 52.9 Å². The fourth-order valence-corrected chi connectivity index (χ4v) is 5.41. The minimum atomic E-state index is -4.83. The first kappa shape index (κ1) is 33.6. The second-order valence-electron chi connectivity index (χ2n) is 10.5. The number of esters is 1. The normalized spacial score (nSPS) is 16.4. The molecule has 43 heavy (non-hydrogen) atoms. The molecule has 4 rings (SSSR count). The molecule has 0 aliphatic carbocycles. The summed E-state index contributed by atoms with van der Waals surface area (Å²) < 4.78 is 60.9. The number of likely N-dealkylation sites (tertiary alicyclic amines) is 2. The topological polar surface area (TPSA) is 106 Å². The van der Waals surface area contributed by atoms with Crippen molar-refractivity contribution in [3.8, 4) is 22.6 Å². The summed E-state index contributed by atoms with van der Waals surface area (Å²) in [6.45, 7) is 8.24. The van der Waals surface area contributed by atoms with Gasteiger partial charge in [-0.2, -0.15) is 0 Å². The Morgan fingerprint density at radius 2 is 1.56 bits per heavy atom.